The number of hydrogen-bond acceptors (Lipinski definition) is 4. The van der Waals surface area contributed by atoms with Crippen molar-refractivity contribution < 1.29 is 13.6 Å². The van der Waals surface area contributed by atoms with E-state index in [0.717, 1.165) is 43.6 Å². The summed E-state index contributed by atoms with van der Waals surface area (Å²) in [6.07, 6.45) is 9.90. The molecule has 0 aromatic carbocycles. The first kappa shape index (κ1) is 20.5. The number of primary amides is 1. The van der Waals surface area contributed by atoms with Gasteiger partial charge < -0.3 is 11.5 Å². The van der Waals surface area contributed by atoms with E-state index in [0.29, 0.717) is 30.1 Å². The molecule has 0 saturated heterocycles. The Hall–Kier alpha value is -2.09. The fraction of sp³-hybridized carbons (Fsp3) is 0.708. The molecule has 5 fully saturated rings. The Labute approximate surface area is 186 Å². The molecule has 1 amide bonds. The first-order valence-corrected chi connectivity index (χ1v) is 12.0. The molecule has 4 N–H and O–H groups in total. The van der Waals surface area contributed by atoms with Crippen LogP contribution in [0, 0.1) is 29.1 Å². The van der Waals surface area contributed by atoms with Gasteiger partial charge in [0.05, 0.1) is 30.0 Å². The summed E-state index contributed by atoms with van der Waals surface area (Å²) < 4.78 is 28.8. The number of imidazole rings is 1. The predicted octanol–water partition coefficient (Wildman–Crippen LogP) is 3.95. The summed E-state index contributed by atoms with van der Waals surface area (Å²) >= 11 is 0. The third kappa shape index (κ3) is 3.25. The second kappa shape index (κ2) is 6.95. The van der Waals surface area contributed by atoms with Crippen molar-refractivity contribution >= 4 is 11.6 Å². The minimum absolute atomic E-state index is 0.00161. The van der Waals surface area contributed by atoms with Crippen LogP contribution in [0.4, 0.5) is 8.78 Å². The van der Waals surface area contributed by atoms with Crippen LogP contribution in [0.15, 0.2) is 18.5 Å². The number of hydrogen-bond donors (Lipinski definition) is 2. The molecule has 2 heterocycles. The molecule has 5 aliphatic carbocycles. The minimum atomic E-state index is -2.57. The molecule has 32 heavy (non-hydrogen) atoms. The fourth-order valence-electron chi connectivity index (χ4n) is 6.89. The molecule has 6 nitrogen and oxygen atoms in total. The van der Waals surface area contributed by atoms with Crippen molar-refractivity contribution in [3.8, 4) is 0 Å². The molecule has 2 aromatic rings. The highest BCUT2D eigenvalue weighted by Gasteiger charge is 2.64. The van der Waals surface area contributed by atoms with Gasteiger partial charge in [-0.05, 0) is 79.7 Å². The lowest BCUT2D eigenvalue weighted by molar-refractivity contribution is -0.172. The SMILES string of the molecule is NC(=O)C([C@H](c1cnn2cc([C@@H](N)C3CCC(F)(F)CC3)nc2c1)C1CC1)C12CC(C1)C2. The fourth-order valence-corrected chi connectivity index (χ4v) is 6.89. The van der Waals surface area contributed by atoms with E-state index in [1.54, 1.807) is 4.52 Å². The predicted molar refractivity (Wildman–Crippen MR) is 115 cm³/mol. The maximum absolute atomic E-state index is 13.5. The van der Waals surface area contributed by atoms with Gasteiger partial charge in [0.1, 0.15) is 0 Å². The van der Waals surface area contributed by atoms with Gasteiger partial charge in [0.15, 0.2) is 5.65 Å². The normalized spacial score (nSPS) is 32.0. The summed E-state index contributed by atoms with van der Waals surface area (Å²) in [5.74, 6) is -1.52. The monoisotopic (exact) mass is 443 g/mol. The quantitative estimate of drug-likeness (QED) is 0.677. The number of alkyl halides is 2. The van der Waals surface area contributed by atoms with E-state index in [4.69, 9.17) is 16.5 Å². The van der Waals surface area contributed by atoms with Crippen molar-refractivity contribution in [1.82, 2.24) is 14.6 Å². The molecule has 1 unspecified atom stereocenters. The van der Waals surface area contributed by atoms with Crippen LogP contribution in [-0.2, 0) is 4.79 Å². The van der Waals surface area contributed by atoms with Gasteiger partial charge in [-0.15, -0.1) is 0 Å². The molecule has 8 heteroatoms. The van der Waals surface area contributed by atoms with Crippen LogP contribution in [0.2, 0.25) is 0 Å². The molecule has 0 radical (unpaired) electrons. The summed E-state index contributed by atoms with van der Waals surface area (Å²) in [5.41, 5.74) is 14.9. The zero-order valence-electron chi connectivity index (χ0n) is 18.2. The van der Waals surface area contributed by atoms with E-state index in [9.17, 15) is 13.6 Å². The highest BCUT2D eigenvalue weighted by atomic mass is 19.3. The van der Waals surface area contributed by atoms with E-state index in [-0.39, 0.29) is 48.0 Å². The van der Waals surface area contributed by atoms with Crippen molar-refractivity contribution in [3.63, 3.8) is 0 Å². The summed E-state index contributed by atoms with van der Waals surface area (Å²) in [7, 11) is 0. The molecular weight excluding hydrogens is 412 g/mol. The number of rotatable bonds is 7. The highest BCUT2D eigenvalue weighted by molar-refractivity contribution is 5.79. The third-order valence-electron chi connectivity index (χ3n) is 8.90. The number of nitrogens with two attached hydrogens (primary N) is 2. The average Bonchev–Trinajstić information content (AvgIpc) is 3.42. The van der Waals surface area contributed by atoms with Gasteiger partial charge in [-0.2, -0.15) is 5.10 Å². The van der Waals surface area contributed by atoms with Crippen molar-refractivity contribution in [3.05, 3.63) is 29.7 Å². The van der Waals surface area contributed by atoms with Gasteiger partial charge in [-0.3, -0.25) is 4.79 Å². The Morgan fingerprint density at radius 3 is 2.38 bits per heavy atom. The van der Waals surface area contributed by atoms with Crippen molar-refractivity contribution in [2.24, 2.45) is 40.6 Å². The lowest BCUT2D eigenvalue weighted by Gasteiger charge is -2.66. The van der Waals surface area contributed by atoms with Gasteiger partial charge >= 0.3 is 0 Å². The molecule has 0 spiro atoms. The van der Waals surface area contributed by atoms with Crippen molar-refractivity contribution in [2.45, 2.75) is 75.7 Å². The van der Waals surface area contributed by atoms with Crippen LogP contribution >= 0.6 is 0 Å². The van der Waals surface area contributed by atoms with E-state index in [1.165, 1.54) is 0 Å². The first-order valence-electron chi connectivity index (χ1n) is 12.0. The van der Waals surface area contributed by atoms with Crippen LogP contribution < -0.4 is 11.5 Å². The average molecular weight is 444 g/mol. The zero-order valence-corrected chi connectivity index (χ0v) is 18.2. The third-order valence-corrected chi connectivity index (χ3v) is 8.90. The molecule has 0 aliphatic heterocycles. The van der Waals surface area contributed by atoms with E-state index >= 15 is 0 Å². The highest BCUT2D eigenvalue weighted by Crippen LogP contribution is 2.71. The number of halogens is 2. The number of aromatic nitrogens is 3. The van der Waals surface area contributed by atoms with E-state index in [1.807, 2.05) is 18.5 Å². The summed E-state index contributed by atoms with van der Waals surface area (Å²) in [6.45, 7) is 0. The Morgan fingerprint density at radius 1 is 1.12 bits per heavy atom. The number of carbonyl (C=O) groups is 1. The lowest BCUT2D eigenvalue weighted by atomic mass is 9.38. The van der Waals surface area contributed by atoms with Gasteiger partial charge in [-0.25, -0.2) is 18.3 Å². The number of nitrogens with zero attached hydrogens (tertiary/aromatic N) is 3. The molecule has 2 bridgehead atoms. The zero-order chi connectivity index (χ0) is 22.3. The lowest BCUT2D eigenvalue weighted by Crippen LogP contribution is -2.60. The Morgan fingerprint density at radius 2 is 1.81 bits per heavy atom. The van der Waals surface area contributed by atoms with Gasteiger partial charge in [0.2, 0.25) is 11.8 Å². The largest absolute Gasteiger partial charge is 0.369 e. The van der Waals surface area contributed by atoms with E-state index in [2.05, 4.69) is 5.10 Å². The van der Waals surface area contributed by atoms with Crippen LogP contribution in [0.5, 0.6) is 0 Å². The number of fused-ring (bicyclic) bond motifs is 1. The van der Waals surface area contributed by atoms with Gasteiger partial charge in [-0.1, -0.05) is 0 Å². The maximum Gasteiger partial charge on any atom is 0.248 e. The minimum Gasteiger partial charge on any atom is -0.369 e. The standard InChI is InChI=1S/C24H31F2N5O/c25-24(26)5-3-15(4-6-24)21(27)17-12-31-18(30-17)7-16(11-29-31)19(14-1-2-14)20(22(28)32)23-8-13(9-23)10-23/h7,11-15,19-21H,1-6,8-10,27H2,(H2,28,32)/t13?,19-,20?,21-,23?/m0/s1. The van der Waals surface area contributed by atoms with Crippen LogP contribution in [0.1, 0.15) is 81.0 Å². The van der Waals surface area contributed by atoms with Crippen LogP contribution in [-0.4, -0.2) is 26.4 Å². The van der Waals surface area contributed by atoms with Gasteiger partial charge in [0, 0.05) is 18.8 Å². The smallest absolute Gasteiger partial charge is 0.248 e. The topological polar surface area (TPSA) is 99.3 Å². The van der Waals surface area contributed by atoms with Crippen molar-refractivity contribution in [1.29, 1.82) is 0 Å². The molecular formula is C24H31F2N5O. The molecule has 7 rings (SSSR count). The molecule has 172 valence electrons. The Balaban J connectivity index is 1.28. The van der Waals surface area contributed by atoms with Gasteiger partial charge in [0.25, 0.3) is 0 Å². The summed E-state index contributed by atoms with van der Waals surface area (Å²) in [5, 5.41) is 4.59. The summed E-state index contributed by atoms with van der Waals surface area (Å²) in [6, 6.07) is 1.65. The number of carbonyl (C=O) groups excluding carboxylic acids is 1. The van der Waals surface area contributed by atoms with E-state index < -0.39 is 5.92 Å². The van der Waals surface area contributed by atoms with Crippen LogP contribution in [0.3, 0.4) is 0 Å². The van der Waals surface area contributed by atoms with Crippen LogP contribution in [0.25, 0.3) is 5.65 Å². The second-order valence-electron chi connectivity index (χ2n) is 11.1. The Kier molecular flexibility index (Phi) is 4.46. The Bertz CT molecular complexity index is 1040. The second-order valence-corrected chi connectivity index (χ2v) is 11.1. The summed E-state index contributed by atoms with van der Waals surface area (Å²) in [4.78, 5) is 17.3. The first-order chi connectivity index (χ1) is 15.2. The molecule has 5 saturated carbocycles. The maximum atomic E-state index is 13.5. The molecule has 3 atom stereocenters. The molecule has 2 aromatic heterocycles. The van der Waals surface area contributed by atoms with Crippen molar-refractivity contribution in [2.75, 3.05) is 0 Å². The molecule has 5 aliphatic rings. The number of amides is 1.